The molecule has 1 aliphatic carbocycles. The van der Waals surface area contributed by atoms with Crippen LogP contribution < -0.4 is 15.2 Å². The molecule has 9 nitrogen and oxygen atoms in total. The molecule has 0 amide bonds. The van der Waals surface area contributed by atoms with Gasteiger partial charge in [0.15, 0.2) is 5.82 Å². The number of piperazine rings is 1. The van der Waals surface area contributed by atoms with Crippen LogP contribution in [0.25, 0.3) is 10.9 Å². The van der Waals surface area contributed by atoms with Gasteiger partial charge in [-0.15, -0.1) is 5.10 Å². The molecule has 3 heterocycles. The number of benzene rings is 2. The normalized spacial score (nSPS) is 17.9. The molecule has 0 unspecified atom stereocenters. The summed E-state index contributed by atoms with van der Waals surface area (Å²) in [5.41, 5.74) is 2.58. The number of para-hydroxylation sites is 1. The van der Waals surface area contributed by atoms with Crippen LogP contribution in [0.5, 0.6) is 5.75 Å². The minimum atomic E-state index is -0.336. The molecule has 6 rings (SSSR count). The zero-order chi connectivity index (χ0) is 25.2. The molecule has 2 aromatic carbocycles. The third-order valence-corrected chi connectivity index (χ3v) is 7.68. The molecular weight excluding hydrogens is 466 g/mol. The minimum Gasteiger partial charge on any atom is -0.494 e. The monoisotopic (exact) mass is 499 g/mol. The molecule has 0 spiro atoms. The Kier molecular flexibility index (Phi) is 6.61. The Balaban J connectivity index is 1.40. The van der Waals surface area contributed by atoms with Gasteiger partial charge < -0.3 is 14.6 Å². The molecule has 1 atom stereocenters. The van der Waals surface area contributed by atoms with E-state index in [1.165, 1.54) is 18.5 Å². The quantitative estimate of drug-likeness (QED) is 0.412. The van der Waals surface area contributed by atoms with Crippen LogP contribution in [-0.4, -0.2) is 62.9 Å². The first-order valence-corrected chi connectivity index (χ1v) is 13.3. The van der Waals surface area contributed by atoms with Crippen molar-refractivity contribution in [2.24, 2.45) is 0 Å². The number of pyridine rings is 1. The molecule has 0 radical (unpaired) electrons. The summed E-state index contributed by atoms with van der Waals surface area (Å²) in [6.45, 7) is 5.89. The van der Waals surface area contributed by atoms with Gasteiger partial charge in [0, 0.05) is 48.3 Å². The van der Waals surface area contributed by atoms with Crippen LogP contribution >= 0.6 is 0 Å². The number of nitrogens with one attached hydrogen (secondary N) is 1. The Labute approximate surface area is 216 Å². The second-order valence-corrected chi connectivity index (χ2v) is 9.92. The molecule has 192 valence electrons. The van der Waals surface area contributed by atoms with Gasteiger partial charge in [-0.2, -0.15) is 0 Å². The smallest absolute Gasteiger partial charge is 0.253 e. The number of hydrogen-bond donors (Lipinski definition) is 1. The number of H-pyrrole nitrogens is 1. The minimum absolute atomic E-state index is 0.104. The van der Waals surface area contributed by atoms with Crippen molar-refractivity contribution in [1.82, 2.24) is 30.1 Å². The van der Waals surface area contributed by atoms with Gasteiger partial charge >= 0.3 is 0 Å². The Morgan fingerprint density at radius 2 is 1.81 bits per heavy atom. The first kappa shape index (κ1) is 23.7. The number of anilines is 1. The molecule has 1 saturated heterocycles. The first-order valence-electron chi connectivity index (χ1n) is 13.3. The van der Waals surface area contributed by atoms with Gasteiger partial charge in [0.1, 0.15) is 11.8 Å². The van der Waals surface area contributed by atoms with E-state index in [1.807, 2.05) is 41.9 Å². The molecule has 2 fully saturated rings. The summed E-state index contributed by atoms with van der Waals surface area (Å²) in [5.74, 6) is 1.54. The highest BCUT2D eigenvalue weighted by molar-refractivity contribution is 5.80. The van der Waals surface area contributed by atoms with E-state index in [-0.39, 0.29) is 17.6 Å². The number of nitrogens with zero attached hydrogens (tertiary/aromatic N) is 6. The predicted octanol–water partition coefficient (Wildman–Crippen LogP) is 3.94. The van der Waals surface area contributed by atoms with E-state index in [4.69, 9.17) is 4.74 Å². The SMILES string of the molecule is CCOc1ccc2[nH]c(=O)c([C@@H](c3nnnn3C3CCCC3)N3CCN(c4ccccc4)CC3)cc2c1. The van der Waals surface area contributed by atoms with Crippen molar-refractivity contribution in [3.8, 4) is 5.75 Å². The van der Waals surface area contributed by atoms with E-state index in [0.717, 1.165) is 61.5 Å². The molecule has 37 heavy (non-hydrogen) atoms. The molecule has 9 heteroatoms. The van der Waals surface area contributed by atoms with Gasteiger partial charge in [-0.25, -0.2) is 4.68 Å². The van der Waals surface area contributed by atoms with Crippen molar-refractivity contribution in [3.63, 3.8) is 0 Å². The number of tetrazole rings is 1. The third-order valence-electron chi connectivity index (χ3n) is 7.68. The van der Waals surface area contributed by atoms with Crippen LogP contribution in [0.1, 0.15) is 56.1 Å². The average Bonchev–Trinajstić information content (AvgIpc) is 3.63. The fourth-order valence-corrected chi connectivity index (χ4v) is 5.83. The lowest BCUT2D eigenvalue weighted by Crippen LogP contribution is -2.49. The van der Waals surface area contributed by atoms with E-state index < -0.39 is 0 Å². The highest BCUT2D eigenvalue weighted by Crippen LogP contribution is 2.34. The molecule has 4 aromatic rings. The van der Waals surface area contributed by atoms with Gasteiger partial charge in [-0.1, -0.05) is 31.0 Å². The Bertz CT molecular complexity index is 1400. The van der Waals surface area contributed by atoms with E-state index in [0.29, 0.717) is 12.2 Å². The topological polar surface area (TPSA) is 92.2 Å². The Morgan fingerprint density at radius 3 is 2.57 bits per heavy atom. The third kappa shape index (κ3) is 4.71. The van der Waals surface area contributed by atoms with E-state index in [9.17, 15) is 4.79 Å². The maximum Gasteiger partial charge on any atom is 0.253 e. The standard InChI is InChI=1S/C28H33N7O2/c1-2-37-23-12-13-25-20(18-23)19-24(28(36)29-25)26(27-30-31-32-35(27)22-10-6-7-11-22)34-16-14-33(15-17-34)21-8-4-3-5-9-21/h3-5,8-9,12-13,18-19,22,26H,2,6-7,10-11,14-17H2,1H3,(H,29,36)/t26-/m0/s1. The van der Waals surface area contributed by atoms with Gasteiger partial charge in [0.05, 0.1) is 12.6 Å². The summed E-state index contributed by atoms with van der Waals surface area (Å²) < 4.78 is 7.72. The van der Waals surface area contributed by atoms with Crippen LogP contribution in [-0.2, 0) is 0 Å². The maximum atomic E-state index is 13.5. The van der Waals surface area contributed by atoms with Crippen LogP contribution in [0, 0.1) is 0 Å². The largest absolute Gasteiger partial charge is 0.494 e. The lowest BCUT2D eigenvalue weighted by molar-refractivity contribution is 0.197. The molecular formula is C28H33N7O2. The number of aromatic nitrogens is 5. The Morgan fingerprint density at radius 1 is 1.03 bits per heavy atom. The van der Waals surface area contributed by atoms with Crippen LogP contribution in [0.4, 0.5) is 5.69 Å². The number of ether oxygens (including phenoxy) is 1. The summed E-state index contributed by atoms with van der Waals surface area (Å²) in [7, 11) is 0. The van der Waals surface area contributed by atoms with Gasteiger partial charge in [0.25, 0.3) is 5.56 Å². The van der Waals surface area contributed by atoms with Crippen molar-refractivity contribution in [2.75, 3.05) is 37.7 Å². The fourth-order valence-electron chi connectivity index (χ4n) is 5.83. The summed E-state index contributed by atoms with van der Waals surface area (Å²) in [5, 5.41) is 14.0. The molecule has 2 aliphatic rings. The second-order valence-electron chi connectivity index (χ2n) is 9.92. The van der Waals surface area contributed by atoms with Crippen LogP contribution in [0.2, 0.25) is 0 Å². The second kappa shape index (κ2) is 10.3. The van der Waals surface area contributed by atoms with Gasteiger partial charge in [0.2, 0.25) is 0 Å². The molecule has 0 bridgehead atoms. The van der Waals surface area contributed by atoms with E-state index in [2.05, 4.69) is 54.6 Å². The first-order chi connectivity index (χ1) is 18.2. The number of hydrogen-bond acceptors (Lipinski definition) is 7. The van der Waals surface area contributed by atoms with Crippen LogP contribution in [0.3, 0.4) is 0 Å². The zero-order valence-corrected chi connectivity index (χ0v) is 21.2. The summed E-state index contributed by atoms with van der Waals surface area (Å²) in [6, 6.07) is 18.2. The summed E-state index contributed by atoms with van der Waals surface area (Å²) >= 11 is 0. The van der Waals surface area contributed by atoms with Gasteiger partial charge in [-0.3, -0.25) is 9.69 Å². The Hall–Kier alpha value is -3.72. The van der Waals surface area contributed by atoms with Crippen molar-refractivity contribution >= 4 is 16.6 Å². The van der Waals surface area contributed by atoms with Crippen molar-refractivity contribution in [3.05, 3.63) is 76.3 Å². The fraction of sp³-hybridized carbons (Fsp3) is 0.429. The summed E-state index contributed by atoms with van der Waals surface area (Å²) in [6.07, 6.45) is 4.50. The van der Waals surface area contributed by atoms with Crippen molar-refractivity contribution in [1.29, 1.82) is 0 Å². The molecule has 1 N–H and O–H groups in total. The number of fused-ring (bicyclic) bond motifs is 1. The van der Waals surface area contributed by atoms with E-state index in [1.54, 1.807) is 0 Å². The lowest BCUT2D eigenvalue weighted by Gasteiger charge is -2.39. The van der Waals surface area contributed by atoms with E-state index >= 15 is 0 Å². The highest BCUT2D eigenvalue weighted by Gasteiger charge is 2.34. The lowest BCUT2D eigenvalue weighted by atomic mass is 10.0. The zero-order valence-electron chi connectivity index (χ0n) is 21.2. The van der Waals surface area contributed by atoms with Crippen molar-refractivity contribution in [2.45, 2.75) is 44.7 Å². The average molecular weight is 500 g/mol. The highest BCUT2D eigenvalue weighted by atomic mass is 16.5. The van der Waals surface area contributed by atoms with Gasteiger partial charge in [-0.05, 0) is 66.6 Å². The predicted molar refractivity (Wildman–Crippen MR) is 143 cm³/mol. The maximum absolute atomic E-state index is 13.5. The summed E-state index contributed by atoms with van der Waals surface area (Å²) in [4.78, 5) is 21.4. The molecule has 1 saturated carbocycles. The number of aromatic amines is 1. The van der Waals surface area contributed by atoms with Crippen LogP contribution in [0.15, 0.2) is 59.4 Å². The number of rotatable bonds is 7. The van der Waals surface area contributed by atoms with Crippen molar-refractivity contribution < 1.29 is 4.74 Å². The molecule has 2 aromatic heterocycles. The molecule has 1 aliphatic heterocycles.